The molecule has 0 N–H and O–H groups in total. The number of benzene rings is 2. The Kier molecular flexibility index (Phi) is 10.9. The zero-order valence-electron chi connectivity index (χ0n) is 27.4. The summed E-state index contributed by atoms with van der Waals surface area (Å²) < 4.78 is 37.5. The fourth-order valence-electron chi connectivity index (χ4n) is 6.36. The lowest BCUT2D eigenvalue weighted by molar-refractivity contribution is -0.605. The van der Waals surface area contributed by atoms with E-state index in [-0.39, 0.29) is 40.4 Å². The highest BCUT2D eigenvalue weighted by molar-refractivity contribution is 6.35. The number of esters is 1. The number of aromatic nitrogens is 2. The maximum Gasteiger partial charge on any atom is 0.414 e. The highest BCUT2D eigenvalue weighted by Gasteiger charge is 2.37. The third-order valence-electron chi connectivity index (χ3n) is 9.08. The van der Waals surface area contributed by atoms with Crippen LogP contribution in [0.2, 0.25) is 10.0 Å². The first-order valence-electron chi connectivity index (χ1n) is 16.0. The smallest absolute Gasteiger partial charge is 0.414 e. The number of hydrogen-bond donors (Lipinski definition) is 0. The van der Waals surface area contributed by atoms with Gasteiger partial charge in [-0.05, 0) is 67.2 Å². The summed E-state index contributed by atoms with van der Waals surface area (Å²) in [6.45, 7) is 2.71. The number of pyridine rings is 2. The maximum absolute atomic E-state index is 14.2. The van der Waals surface area contributed by atoms with Crippen molar-refractivity contribution in [1.29, 1.82) is 0 Å². The molecule has 0 unspecified atom stereocenters. The van der Waals surface area contributed by atoms with E-state index in [1.54, 1.807) is 42.5 Å². The van der Waals surface area contributed by atoms with E-state index in [1.807, 2.05) is 0 Å². The van der Waals surface area contributed by atoms with E-state index in [4.69, 9.17) is 42.1 Å². The standard InChI is InChI=1S/C36H35Cl2FN4O7/c1-47-31-8-7-25(13-33(31)48-2)32(15-28-29(37)19-42(46)20-30(28)38)49-35(44)24-5-3-22(4-6-24)18-43(27-14-26(39)16-40-17-27)36(45)50-34-21-41-11-9-23(34)10-12-41/h3-8,13-14,16-17,19-20,23,32,34H,9-12,15,18,21H2,1-2H3/t32-,34-/m0/s1. The quantitative estimate of drug-likeness (QED) is 0.0964. The molecule has 4 aromatic rings. The number of fused-ring (bicyclic) bond motifs is 3. The molecule has 11 nitrogen and oxygen atoms in total. The van der Waals surface area contributed by atoms with Crippen LogP contribution in [-0.4, -0.2) is 61.9 Å². The molecule has 3 saturated heterocycles. The minimum atomic E-state index is -0.892. The van der Waals surface area contributed by atoms with Crippen LogP contribution in [0.3, 0.4) is 0 Å². The van der Waals surface area contributed by atoms with Crippen molar-refractivity contribution in [2.75, 3.05) is 38.8 Å². The molecule has 3 fully saturated rings. The predicted molar refractivity (Wildman–Crippen MR) is 183 cm³/mol. The van der Waals surface area contributed by atoms with E-state index in [9.17, 15) is 19.2 Å². The van der Waals surface area contributed by atoms with Crippen LogP contribution in [0.4, 0.5) is 14.9 Å². The number of ether oxygens (including phenoxy) is 4. The zero-order chi connectivity index (χ0) is 35.4. The molecule has 0 saturated carbocycles. The fourth-order valence-corrected chi connectivity index (χ4v) is 6.96. The van der Waals surface area contributed by atoms with Crippen LogP contribution in [0.15, 0.2) is 73.3 Å². The van der Waals surface area contributed by atoms with Crippen molar-refractivity contribution in [2.45, 2.75) is 38.0 Å². The van der Waals surface area contributed by atoms with Crippen LogP contribution >= 0.6 is 23.2 Å². The van der Waals surface area contributed by atoms with Crippen LogP contribution < -0.4 is 19.1 Å². The summed E-state index contributed by atoms with van der Waals surface area (Å²) in [6.07, 6.45) is 5.07. The molecule has 262 valence electrons. The van der Waals surface area contributed by atoms with Gasteiger partial charge in [-0.3, -0.25) is 14.8 Å². The van der Waals surface area contributed by atoms with Crippen molar-refractivity contribution < 1.29 is 37.7 Å². The molecule has 14 heteroatoms. The number of anilines is 1. The summed E-state index contributed by atoms with van der Waals surface area (Å²) in [6, 6.07) is 12.8. The van der Waals surface area contributed by atoms with Crippen molar-refractivity contribution in [3.63, 3.8) is 0 Å². The molecule has 0 spiro atoms. The van der Waals surface area contributed by atoms with Crippen LogP contribution in [0.25, 0.3) is 0 Å². The molecule has 2 aromatic carbocycles. The monoisotopic (exact) mass is 724 g/mol. The van der Waals surface area contributed by atoms with Crippen molar-refractivity contribution >= 4 is 41.0 Å². The van der Waals surface area contributed by atoms with Gasteiger partial charge in [-0.25, -0.2) is 14.0 Å². The molecule has 3 aliphatic heterocycles. The number of methoxy groups -OCH3 is 2. The van der Waals surface area contributed by atoms with E-state index in [1.165, 1.54) is 43.8 Å². The van der Waals surface area contributed by atoms with Crippen molar-refractivity contribution in [3.8, 4) is 11.5 Å². The minimum Gasteiger partial charge on any atom is -0.619 e. The minimum absolute atomic E-state index is 0.0411. The Hall–Kier alpha value is -4.65. The second-order valence-corrected chi connectivity index (χ2v) is 13.0. The van der Waals surface area contributed by atoms with Crippen LogP contribution in [0.5, 0.6) is 11.5 Å². The Morgan fingerprint density at radius 3 is 2.34 bits per heavy atom. The van der Waals surface area contributed by atoms with Gasteiger partial charge in [0.2, 0.25) is 0 Å². The summed E-state index contributed by atoms with van der Waals surface area (Å²) in [4.78, 5) is 34.7. The second-order valence-electron chi connectivity index (χ2n) is 12.2. The average molecular weight is 726 g/mol. The average Bonchev–Trinajstić information content (AvgIpc) is 3.11. The van der Waals surface area contributed by atoms with Gasteiger partial charge >= 0.3 is 12.1 Å². The number of carbonyl (C=O) groups is 2. The lowest BCUT2D eigenvalue weighted by Gasteiger charge is -2.44. The lowest BCUT2D eigenvalue weighted by atomic mass is 9.86. The zero-order valence-corrected chi connectivity index (χ0v) is 28.9. The van der Waals surface area contributed by atoms with Gasteiger partial charge in [0.15, 0.2) is 23.9 Å². The van der Waals surface area contributed by atoms with Crippen LogP contribution in [0, 0.1) is 16.9 Å². The Morgan fingerprint density at radius 1 is 1.02 bits per heavy atom. The number of carbonyl (C=O) groups excluding carboxylic acids is 2. The molecule has 7 rings (SSSR count). The molecule has 1 amide bonds. The predicted octanol–water partition coefficient (Wildman–Crippen LogP) is 6.56. The van der Waals surface area contributed by atoms with Crippen molar-refractivity contribution in [1.82, 2.24) is 9.88 Å². The first-order valence-corrected chi connectivity index (χ1v) is 16.8. The molecule has 2 bridgehead atoms. The Labute approximate surface area is 298 Å². The van der Waals surface area contributed by atoms with Gasteiger partial charge in [0.25, 0.3) is 0 Å². The van der Waals surface area contributed by atoms with E-state index in [0.717, 1.165) is 32.1 Å². The van der Waals surface area contributed by atoms with Gasteiger partial charge in [-0.2, -0.15) is 4.73 Å². The molecular weight excluding hydrogens is 690 g/mol. The summed E-state index contributed by atoms with van der Waals surface area (Å²) in [5.74, 6) is -0.0395. The fraction of sp³-hybridized carbons (Fsp3) is 0.333. The highest BCUT2D eigenvalue weighted by atomic mass is 35.5. The number of halogens is 3. The van der Waals surface area contributed by atoms with Crippen molar-refractivity contribution in [2.24, 2.45) is 5.92 Å². The Bertz CT molecular complexity index is 1830. The lowest BCUT2D eigenvalue weighted by Crippen LogP contribution is -2.53. The first-order chi connectivity index (χ1) is 24.1. The Morgan fingerprint density at radius 2 is 1.72 bits per heavy atom. The molecule has 5 heterocycles. The van der Waals surface area contributed by atoms with Gasteiger partial charge in [0.1, 0.15) is 28.1 Å². The van der Waals surface area contributed by atoms with E-state index in [2.05, 4.69) is 9.88 Å². The molecule has 0 radical (unpaired) electrons. The molecule has 2 aromatic heterocycles. The number of rotatable bonds is 11. The van der Waals surface area contributed by atoms with Crippen molar-refractivity contribution in [3.05, 3.63) is 117 Å². The molecule has 0 aliphatic carbocycles. The molecular formula is C36H35Cl2FN4O7. The van der Waals surface area contributed by atoms with E-state index in [0.29, 0.717) is 45.4 Å². The highest BCUT2D eigenvalue weighted by Crippen LogP contribution is 2.36. The van der Waals surface area contributed by atoms with E-state index < -0.39 is 24.0 Å². The van der Waals surface area contributed by atoms with E-state index >= 15 is 0 Å². The summed E-state index contributed by atoms with van der Waals surface area (Å²) in [5, 5.41) is 12.1. The molecule has 50 heavy (non-hydrogen) atoms. The third kappa shape index (κ3) is 8.04. The van der Waals surface area contributed by atoms with Gasteiger partial charge in [-0.15, -0.1) is 0 Å². The molecule has 3 aliphatic rings. The molecule has 2 atom stereocenters. The largest absolute Gasteiger partial charge is 0.619 e. The van der Waals surface area contributed by atoms with Gasteiger partial charge < -0.3 is 24.2 Å². The third-order valence-corrected chi connectivity index (χ3v) is 9.73. The first kappa shape index (κ1) is 35.2. The number of amides is 1. The van der Waals surface area contributed by atoms with Crippen LogP contribution in [0.1, 0.15) is 46.0 Å². The topological polar surface area (TPSA) is 117 Å². The Balaban J connectivity index is 1.22. The second kappa shape index (κ2) is 15.5. The van der Waals surface area contributed by atoms with Gasteiger partial charge in [0, 0.05) is 24.6 Å². The van der Waals surface area contributed by atoms with Gasteiger partial charge in [-0.1, -0.05) is 41.4 Å². The summed E-state index contributed by atoms with van der Waals surface area (Å²) >= 11 is 12.8. The summed E-state index contributed by atoms with van der Waals surface area (Å²) in [7, 11) is 3.00. The summed E-state index contributed by atoms with van der Waals surface area (Å²) in [5.41, 5.74) is 2.12. The number of piperidine rings is 3. The number of hydrogen-bond acceptors (Lipinski definition) is 9. The maximum atomic E-state index is 14.2. The van der Waals surface area contributed by atoms with Crippen LogP contribution in [-0.2, 0) is 22.4 Å². The normalized spacial score (nSPS) is 18.6. The van der Waals surface area contributed by atoms with Gasteiger partial charge in [0.05, 0.1) is 44.4 Å². The number of nitrogens with zero attached hydrogens (tertiary/aromatic N) is 4. The SMILES string of the molecule is COc1ccc([C@H](Cc2c(Cl)c[n+]([O-])cc2Cl)OC(=O)c2ccc(CN(C(=O)O[C@H]3CN4CCC3CC4)c3cncc(F)c3)cc2)cc1OC.